The summed E-state index contributed by atoms with van der Waals surface area (Å²) in [6, 6.07) is 4.37. The third kappa shape index (κ3) is 6.80. The highest BCUT2D eigenvalue weighted by Gasteiger charge is 2.50. The number of carbonyl (C=O) groups is 1. The van der Waals surface area contributed by atoms with Crippen molar-refractivity contribution in [3.63, 3.8) is 0 Å². The number of halogens is 9. The highest BCUT2D eigenvalue weighted by atomic mass is 19.4. The van der Waals surface area contributed by atoms with Crippen LogP contribution in [0.3, 0.4) is 0 Å². The van der Waals surface area contributed by atoms with Gasteiger partial charge in [0, 0.05) is 35.4 Å². The number of hydrogen-bond acceptors (Lipinski definition) is 7. The van der Waals surface area contributed by atoms with Crippen LogP contribution < -0.4 is 5.73 Å². The summed E-state index contributed by atoms with van der Waals surface area (Å²) in [7, 11) is 0. The summed E-state index contributed by atoms with van der Waals surface area (Å²) in [5.41, 5.74) is 4.35. The molecule has 0 radical (unpaired) electrons. The zero-order valence-electron chi connectivity index (χ0n) is 19.3. The molecule has 0 aliphatic carbocycles. The number of carboxylic acids is 1. The number of aliphatic imine (C=N–C) groups is 1. The second-order valence-corrected chi connectivity index (χ2v) is 8.14. The Balaban J connectivity index is 0.000000532. The van der Waals surface area contributed by atoms with Gasteiger partial charge in [0.05, 0.1) is 11.7 Å². The number of amidine groups is 1. The molecule has 3 heterocycles. The van der Waals surface area contributed by atoms with E-state index in [2.05, 4.69) is 20.0 Å². The molecular formula is C21H16F9N5O4. The number of carboxylic acid groups (broad SMARTS) is 1. The van der Waals surface area contributed by atoms with Crippen LogP contribution >= 0.6 is 0 Å². The molecule has 2 atom stereocenters. The number of aromatic nitrogens is 3. The van der Waals surface area contributed by atoms with Crippen LogP contribution in [0.4, 0.5) is 39.5 Å². The minimum Gasteiger partial charge on any atom is -0.475 e. The van der Waals surface area contributed by atoms with Gasteiger partial charge in [0.2, 0.25) is 0 Å². The van der Waals surface area contributed by atoms with Crippen molar-refractivity contribution in [2.75, 3.05) is 0 Å². The van der Waals surface area contributed by atoms with Crippen LogP contribution in [0.5, 0.6) is 0 Å². The lowest BCUT2D eigenvalue weighted by Gasteiger charge is -2.36. The minimum absolute atomic E-state index is 0.131. The second kappa shape index (κ2) is 10.5. The second-order valence-electron chi connectivity index (χ2n) is 8.14. The summed E-state index contributed by atoms with van der Waals surface area (Å²) in [5.74, 6) is -3.42. The van der Waals surface area contributed by atoms with Gasteiger partial charge in [-0.2, -0.15) is 40.2 Å². The molecule has 2 aromatic heterocycles. The maximum atomic E-state index is 14.7. The van der Waals surface area contributed by atoms with Gasteiger partial charge in [0.25, 0.3) is 6.02 Å². The highest BCUT2D eigenvalue weighted by Crippen LogP contribution is 2.42. The van der Waals surface area contributed by atoms with Crippen LogP contribution in [-0.4, -0.2) is 50.5 Å². The van der Waals surface area contributed by atoms with Crippen molar-refractivity contribution in [2.45, 2.75) is 43.9 Å². The molecule has 4 rings (SSSR count). The first-order valence-electron chi connectivity index (χ1n) is 10.4. The summed E-state index contributed by atoms with van der Waals surface area (Å²) >= 11 is 0. The fourth-order valence-corrected chi connectivity index (χ4v) is 3.43. The highest BCUT2D eigenvalue weighted by molar-refractivity contribution is 5.74. The van der Waals surface area contributed by atoms with Crippen molar-refractivity contribution in [1.29, 1.82) is 0 Å². The Kier molecular flexibility index (Phi) is 7.88. The third-order valence-electron chi connectivity index (χ3n) is 5.25. The molecule has 0 bridgehead atoms. The van der Waals surface area contributed by atoms with Gasteiger partial charge in [-0.1, -0.05) is 5.16 Å². The van der Waals surface area contributed by atoms with E-state index in [0.717, 1.165) is 12.3 Å². The molecule has 18 heteroatoms. The van der Waals surface area contributed by atoms with E-state index < -0.39 is 54.8 Å². The Morgan fingerprint density at radius 2 is 1.82 bits per heavy atom. The molecule has 3 N–H and O–H groups in total. The van der Waals surface area contributed by atoms with Gasteiger partial charge in [-0.25, -0.2) is 18.9 Å². The third-order valence-corrected chi connectivity index (χ3v) is 5.25. The Hall–Kier alpha value is -4.25. The molecule has 212 valence electrons. The molecular weight excluding hydrogens is 557 g/mol. The first kappa shape index (κ1) is 29.3. The van der Waals surface area contributed by atoms with Crippen molar-refractivity contribution in [3.8, 4) is 22.6 Å². The molecule has 0 spiro atoms. The summed E-state index contributed by atoms with van der Waals surface area (Å²) in [6.45, 7) is -1.52. The van der Waals surface area contributed by atoms with Crippen LogP contribution in [0.1, 0.15) is 25.5 Å². The van der Waals surface area contributed by atoms with Gasteiger partial charge < -0.3 is 20.1 Å². The molecule has 0 amide bonds. The van der Waals surface area contributed by atoms with Gasteiger partial charge >= 0.3 is 24.9 Å². The molecule has 9 nitrogen and oxygen atoms in total. The van der Waals surface area contributed by atoms with E-state index >= 15 is 0 Å². The van der Waals surface area contributed by atoms with Crippen LogP contribution in [0.2, 0.25) is 0 Å². The smallest absolute Gasteiger partial charge is 0.475 e. The van der Waals surface area contributed by atoms with Crippen LogP contribution in [-0.2, 0) is 15.1 Å². The minimum atomic E-state index is -5.08. The molecule has 0 unspecified atom stereocenters. The van der Waals surface area contributed by atoms with Crippen molar-refractivity contribution in [2.24, 2.45) is 10.7 Å². The Morgan fingerprint density at radius 1 is 1.18 bits per heavy atom. The zero-order valence-corrected chi connectivity index (χ0v) is 19.3. The van der Waals surface area contributed by atoms with Crippen LogP contribution in [0.15, 0.2) is 46.2 Å². The largest absolute Gasteiger partial charge is 0.490 e. The maximum absolute atomic E-state index is 14.7. The Labute approximate surface area is 211 Å². The maximum Gasteiger partial charge on any atom is 0.490 e. The van der Waals surface area contributed by atoms with Crippen LogP contribution in [0.25, 0.3) is 22.6 Å². The number of alkyl halides is 8. The van der Waals surface area contributed by atoms with E-state index in [1.165, 1.54) is 31.3 Å². The zero-order chi connectivity index (χ0) is 29.3. The number of aliphatic carboxylic acids is 1. The van der Waals surface area contributed by atoms with Crippen molar-refractivity contribution in [3.05, 3.63) is 48.0 Å². The number of ether oxygens (including phenoxy) is 1. The van der Waals surface area contributed by atoms with E-state index in [4.69, 9.17) is 20.2 Å². The molecule has 0 saturated heterocycles. The van der Waals surface area contributed by atoms with Gasteiger partial charge in [-0.05, 0) is 25.1 Å². The predicted octanol–water partition coefficient (Wildman–Crippen LogP) is 5.25. The van der Waals surface area contributed by atoms with Crippen LogP contribution in [0, 0.1) is 5.82 Å². The Bertz CT molecular complexity index is 1370. The van der Waals surface area contributed by atoms with E-state index in [9.17, 15) is 39.5 Å². The topological polar surface area (TPSA) is 129 Å². The molecule has 1 aliphatic heterocycles. The average Bonchev–Trinajstić information content (AvgIpc) is 3.48. The normalized spacial score (nSPS) is 19.7. The molecule has 39 heavy (non-hydrogen) atoms. The average molecular weight is 573 g/mol. The summed E-state index contributed by atoms with van der Waals surface area (Å²) in [5, 5.41) is 14.4. The lowest BCUT2D eigenvalue weighted by molar-refractivity contribution is -0.208. The first-order chi connectivity index (χ1) is 17.9. The molecule has 3 aromatic rings. The summed E-state index contributed by atoms with van der Waals surface area (Å²) in [4.78, 5) is 12.8. The van der Waals surface area contributed by atoms with Crippen molar-refractivity contribution < 1.29 is 58.7 Å². The van der Waals surface area contributed by atoms with E-state index in [1.54, 1.807) is 0 Å². The van der Waals surface area contributed by atoms with E-state index in [0.29, 0.717) is 4.68 Å². The van der Waals surface area contributed by atoms with E-state index in [-0.39, 0.29) is 28.1 Å². The van der Waals surface area contributed by atoms with Gasteiger partial charge in [-0.3, -0.25) is 0 Å². The lowest BCUT2D eigenvalue weighted by atomic mass is 9.84. The lowest BCUT2D eigenvalue weighted by Crippen LogP contribution is -2.46. The van der Waals surface area contributed by atoms with Gasteiger partial charge in [-0.15, -0.1) is 0 Å². The predicted molar refractivity (Wildman–Crippen MR) is 113 cm³/mol. The van der Waals surface area contributed by atoms with Gasteiger partial charge in [0.15, 0.2) is 11.9 Å². The molecule has 1 aromatic carbocycles. The SMILES string of the molecule is C[C@@]1(c2cc(-c3cc(-c4cnn(C(F)F)c4)no3)ccc2F)C[C@@H](C(F)(F)F)OC(N)=N1.O=C(O)C(F)(F)F. The number of hydrogen-bond donors (Lipinski definition) is 2. The number of nitrogens with zero attached hydrogens (tertiary/aromatic N) is 4. The van der Waals surface area contributed by atoms with Crippen molar-refractivity contribution >= 4 is 12.0 Å². The summed E-state index contributed by atoms with van der Waals surface area (Å²) in [6.07, 6.45) is -10.5. The number of nitrogens with two attached hydrogens (primary N) is 1. The summed E-state index contributed by atoms with van der Waals surface area (Å²) < 4.78 is 122. The van der Waals surface area contributed by atoms with Crippen molar-refractivity contribution in [1.82, 2.24) is 14.9 Å². The molecule has 1 aliphatic rings. The quantitative estimate of drug-likeness (QED) is 0.408. The fourth-order valence-electron chi connectivity index (χ4n) is 3.43. The standard InChI is InChI=1S/C19H15F6N5O2.C2HF3O2/c1-18(6-15(19(23,24)25)31-17(26)28-18)11-4-9(2-3-12(11)20)14-5-13(29-32-14)10-7-27-30(8-10)16(21)22;3-2(4,5)1(6)7/h2-5,7-8,15-16H,6H2,1H3,(H2,26,28);(H,6,7)/t15-,18-;/m0./s1. The number of benzene rings is 1. The van der Waals surface area contributed by atoms with Gasteiger partial charge in [0.1, 0.15) is 11.5 Å². The van der Waals surface area contributed by atoms with E-state index in [1.807, 2.05) is 0 Å². The fraction of sp³-hybridized carbons (Fsp3) is 0.333. The number of rotatable bonds is 4. The Morgan fingerprint density at radius 3 is 2.36 bits per heavy atom. The first-order valence-corrected chi connectivity index (χ1v) is 10.4. The molecule has 0 saturated carbocycles. The monoisotopic (exact) mass is 573 g/mol. The molecule has 0 fully saturated rings.